The van der Waals surface area contributed by atoms with Crippen LogP contribution >= 0.6 is 35.0 Å². The zero-order valence-corrected chi connectivity index (χ0v) is 24.5. The molecule has 2 N–H and O–H groups in total. The van der Waals surface area contributed by atoms with Crippen molar-refractivity contribution in [3.63, 3.8) is 0 Å². The van der Waals surface area contributed by atoms with Gasteiger partial charge in [-0.25, -0.2) is 0 Å². The molecule has 1 atom stereocenters. The van der Waals surface area contributed by atoms with Gasteiger partial charge in [0.25, 0.3) is 0 Å². The fourth-order valence-corrected chi connectivity index (χ4v) is 7.07. The van der Waals surface area contributed by atoms with Crippen LogP contribution in [0.5, 0.6) is 0 Å². The van der Waals surface area contributed by atoms with E-state index < -0.39 is 5.92 Å². The van der Waals surface area contributed by atoms with Crippen molar-refractivity contribution in [3.8, 4) is 6.07 Å². The van der Waals surface area contributed by atoms with E-state index >= 15 is 0 Å². The summed E-state index contributed by atoms with van der Waals surface area (Å²) in [6, 6.07) is 20.1. The average molecular weight is 575 g/mol. The minimum atomic E-state index is -0.501. The van der Waals surface area contributed by atoms with Crippen molar-refractivity contribution in [2.24, 2.45) is 5.73 Å². The second kappa shape index (κ2) is 11.1. The highest BCUT2D eigenvalue weighted by molar-refractivity contribution is 7.98. The van der Waals surface area contributed by atoms with E-state index in [4.69, 9.17) is 28.9 Å². The number of thioether (sulfide) groups is 1. The summed E-state index contributed by atoms with van der Waals surface area (Å²) in [5.74, 6) is 0.641. The number of carbonyl (C=O) groups excluding carboxylic acids is 1. The molecule has 1 heterocycles. The van der Waals surface area contributed by atoms with Crippen LogP contribution in [0.25, 0.3) is 0 Å². The van der Waals surface area contributed by atoms with Crippen molar-refractivity contribution in [1.82, 2.24) is 0 Å². The van der Waals surface area contributed by atoms with Crippen LogP contribution in [0.3, 0.4) is 0 Å². The maximum absolute atomic E-state index is 13.6. The quantitative estimate of drug-likeness (QED) is 0.310. The Morgan fingerprint density at radius 2 is 1.77 bits per heavy atom. The Balaban J connectivity index is 1.62. The summed E-state index contributed by atoms with van der Waals surface area (Å²) in [7, 11) is 0. The van der Waals surface area contributed by atoms with Gasteiger partial charge in [0, 0.05) is 39.0 Å². The Hall–Kier alpha value is -3.17. The summed E-state index contributed by atoms with van der Waals surface area (Å²) in [5.41, 5.74) is 15.0. The molecule has 0 fully saturated rings. The van der Waals surface area contributed by atoms with Gasteiger partial charge in [0.2, 0.25) is 0 Å². The van der Waals surface area contributed by atoms with Crippen LogP contribution in [-0.2, 0) is 10.5 Å². The molecule has 0 spiro atoms. The largest absolute Gasteiger partial charge is 0.384 e. The molecule has 4 nitrogen and oxygen atoms in total. The lowest BCUT2D eigenvalue weighted by Crippen LogP contribution is -2.38. The van der Waals surface area contributed by atoms with Crippen LogP contribution in [0, 0.1) is 32.1 Å². The van der Waals surface area contributed by atoms with E-state index in [0.29, 0.717) is 39.2 Å². The summed E-state index contributed by atoms with van der Waals surface area (Å²) in [4.78, 5) is 16.4. The van der Waals surface area contributed by atoms with Crippen molar-refractivity contribution in [2.45, 2.75) is 56.6 Å². The van der Waals surface area contributed by atoms with E-state index in [-0.39, 0.29) is 5.78 Å². The van der Waals surface area contributed by atoms with Gasteiger partial charge >= 0.3 is 0 Å². The van der Waals surface area contributed by atoms with Gasteiger partial charge < -0.3 is 5.73 Å². The molecule has 3 aromatic carbocycles. The molecule has 0 saturated carbocycles. The highest BCUT2D eigenvalue weighted by atomic mass is 35.5. The number of Topliss-reactive ketones (excluding diaryl/α,β-unsaturated/α-hetero) is 1. The lowest BCUT2D eigenvalue weighted by Gasteiger charge is -2.40. The molecular weight excluding hydrogens is 545 g/mol. The summed E-state index contributed by atoms with van der Waals surface area (Å²) in [5, 5.41) is 11.7. The fraction of sp³-hybridized carbons (Fsp3) is 0.250. The molecule has 1 unspecified atom stereocenters. The Morgan fingerprint density at radius 3 is 2.49 bits per heavy atom. The first-order valence-corrected chi connectivity index (χ1v) is 14.6. The van der Waals surface area contributed by atoms with Crippen molar-refractivity contribution >= 4 is 46.4 Å². The van der Waals surface area contributed by atoms with Crippen molar-refractivity contribution in [2.75, 3.05) is 4.90 Å². The number of allylic oxidation sites excluding steroid dienone is 3. The third-order valence-corrected chi connectivity index (χ3v) is 9.30. The number of nitriles is 1. The van der Waals surface area contributed by atoms with Crippen LogP contribution in [0.15, 0.2) is 82.2 Å². The van der Waals surface area contributed by atoms with Crippen molar-refractivity contribution in [1.29, 1.82) is 5.26 Å². The number of halogens is 2. The molecule has 1 aliphatic carbocycles. The standard InChI is InChI=1S/C32H29Cl2N3OS/c1-18-7-10-23(11-8-18)37-27-5-4-6-28(38)31(27)30(25(16-35)32(37)36)24-14-21(19(2)13-20(24)3)17-39-29-15-22(33)9-12-26(29)34/h7-15,30H,4-6,17,36H2,1-3H3. The number of carbonyl (C=O) groups is 1. The zero-order valence-electron chi connectivity index (χ0n) is 22.1. The number of aryl methyl sites for hydroxylation is 3. The monoisotopic (exact) mass is 573 g/mol. The molecule has 198 valence electrons. The Labute approximate surface area is 244 Å². The maximum Gasteiger partial charge on any atom is 0.161 e. The highest BCUT2D eigenvalue weighted by Crippen LogP contribution is 2.47. The van der Waals surface area contributed by atoms with E-state index in [2.05, 4.69) is 25.1 Å². The second-order valence-electron chi connectivity index (χ2n) is 10.2. The molecular formula is C32H29Cl2N3OS. The first-order valence-electron chi connectivity index (χ1n) is 12.9. The predicted molar refractivity (Wildman–Crippen MR) is 161 cm³/mol. The first kappa shape index (κ1) is 27.4. The summed E-state index contributed by atoms with van der Waals surface area (Å²) < 4.78 is 0. The molecule has 39 heavy (non-hydrogen) atoms. The SMILES string of the molecule is Cc1ccc(N2C(N)=C(C#N)C(c3cc(CSc4cc(Cl)ccc4Cl)c(C)cc3C)C3=C2CCCC3=O)cc1. The van der Waals surface area contributed by atoms with E-state index in [0.717, 1.165) is 56.9 Å². The van der Waals surface area contributed by atoms with Crippen LogP contribution in [0.1, 0.15) is 53.0 Å². The van der Waals surface area contributed by atoms with Gasteiger partial charge in [-0.05, 0) is 86.2 Å². The molecule has 7 heteroatoms. The van der Waals surface area contributed by atoms with Gasteiger partial charge in [0.05, 0.1) is 22.6 Å². The van der Waals surface area contributed by atoms with E-state index in [1.54, 1.807) is 23.9 Å². The number of ketones is 1. The van der Waals surface area contributed by atoms with Gasteiger partial charge in [0.15, 0.2) is 5.78 Å². The molecule has 0 radical (unpaired) electrons. The van der Waals surface area contributed by atoms with Crippen LogP contribution < -0.4 is 10.6 Å². The fourth-order valence-electron chi connectivity index (χ4n) is 5.51. The maximum atomic E-state index is 13.6. The number of hydrogen-bond acceptors (Lipinski definition) is 5. The predicted octanol–water partition coefficient (Wildman–Crippen LogP) is 8.52. The minimum Gasteiger partial charge on any atom is -0.384 e. The molecule has 0 bridgehead atoms. The first-order chi connectivity index (χ1) is 18.7. The van der Waals surface area contributed by atoms with Crippen molar-refractivity contribution < 1.29 is 4.79 Å². The van der Waals surface area contributed by atoms with E-state index in [9.17, 15) is 10.1 Å². The average Bonchev–Trinajstić information content (AvgIpc) is 2.90. The Morgan fingerprint density at radius 1 is 1.03 bits per heavy atom. The lowest BCUT2D eigenvalue weighted by atomic mass is 9.74. The lowest BCUT2D eigenvalue weighted by molar-refractivity contribution is -0.116. The number of rotatable bonds is 5. The smallest absolute Gasteiger partial charge is 0.161 e. The van der Waals surface area contributed by atoms with E-state index in [1.807, 2.05) is 49.1 Å². The Kier molecular flexibility index (Phi) is 7.82. The topological polar surface area (TPSA) is 70.1 Å². The highest BCUT2D eigenvalue weighted by Gasteiger charge is 2.41. The number of benzene rings is 3. The molecule has 0 saturated heterocycles. The van der Waals surface area contributed by atoms with Gasteiger partial charge in [-0.15, -0.1) is 11.8 Å². The van der Waals surface area contributed by atoms with Gasteiger partial charge in [0.1, 0.15) is 5.82 Å². The van der Waals surface area contributed by atoms with Crippen LogP contribution in [-0.4, -0.2) is 5.78 Å². The Bertz CT molecular complexity index is 1580. The second-order valence-corrected chi connectivity index (χ2v) is 12.0. The zero-order chi connectivity index (χ0) is 27.8. The van der Waals surface area contributed by atoms with Crippen LogP contribution in [0.2, 0.25) is 10.0 Å². The number of anilines is 1. The van der Waals surface area contributed by atoms with Gasteiger partial charge in [-0.3, -0.25) is 9.69 Å². The molecule has 5 rings (SSSR count). The molecule has 0 aromatic heterocycles. The van der Waals surface area contributed by atoms with Crippen molar-refractivity contribution in [3.05, 3.63) is 115 Å². The van der Waals surface area contributed by atoms with Crippen LogP contribution in [0.4, 0.5) is 5.69 Å². The summed E-state index contributed by atoms with van der Waals surface area (Å²) >= 11 is 14.2. The third-order valence-electron chi connectivity index (χ3n) is 7.52. The number of nitrogens with two attached hydrogens (primary N) is 1. The third kappa shape index (κ3) is 5.22. The van der Waals surface area contributed by atoms with Gasteiger partial charge in [-0.1, -0.05) is 53.0 Å². The van der Waals surface area contributed by atoms with Gasteiger partial charge in [-0.2, -0.15) is 5.26 Å². The molecule has 2 aliphatic rings. The normalized spacial score (nSPS) is 17.4. The minimum absolute atomic E-state index is 0.0835. The molecule has 1 aliphatic heterocycles. The number of nitrogens with zero attached hydrogens (tertiary/aromatic N) is 2. The molecule has 0 amide bonds. The van der Waals surface area contributed by atoms with E-state index in [1.165, 1.54) is 0 Å². The summed E-state index contributed by atoms with van der Waals surface area (Å²) in [6.45, 7) is 6.15. The molecule has 3 aromatic rings. The summed E-state index contributed by atoms with van der Waals surface area (Å²) in [6.07, 6.45) is 1.96. The number of hydrogen-bond donors (Lipinski definition) is 1.